The standard InChI is InChI=1S/C13H24N2O3/c1-5-17-11(13(2,3)4)12-14-10(18-15-12)8-6-7-9-16/h11,16H,5-9H2,1-4H3. The van der Waals surface area contributed by atoms with E-state index in [0.717, 1.165) is 12.8 Å². The Labute approximate surface area is 109 Å². The molecule has 104 valence electrons. The molecule has 1 rings (SSSR count). The third-order valence-electron chi connectivity index (χ3n) is 2.64. The Kier molecular flexibility index (Phi) is 5.75. The van der Waals surface area contributed by atoms with Gasteiger partial charge in [-0.25, -0.2) is 0 Å². The SMILES string of the molecule is CCOC(c1noc(CCCCO)n1)C(C)(C)C. The van der Waals surface area contributed by atoms with Crippen molar-refractivity contribution >= 4 is 0 Å². The predicted octanol–water partition coefficient (Wildman–Crippen LogP) is 2.51. The maximum atomic E-state index is 8.73. The molecule has 0 saturated carbocycles. The van der Waals surface area contributed by atoms with Crippen LogP contribution in [0, 0.1) is 5.41 Å². The highest BCUT2D eigenvalue weighted by molar-refractivity contribution is 4.96. The van der Waals surface area contributed by atoms with Gasteiger partial charge >= 0.3 is 0 Å². The lowest BCUT2D eigenvalue weighted by Gasteiger charge is -2.27. The van der Waals surface area contributed by atoms with E-state index in [-0.39, 0.29) is 18.1 Å². The molecule has 5 nitrogen and oxygen atoms in total. The van der Waals surface area contributed by atoms with Crippen LogP contribution in [0.2, 0.25) is 0 Å². The van der Waals surface area contributed by atoms with Gasteiger partial charge < -0.3 is 14.4 Å². The number of rotatable bonds is 7. The van der Waals surface area contributed by atoms with Crippen LogP contribution in [0.1, 0.15) is 58.4 Å². The maximum absolute atomic E-state index is 8.73. The fourth-order valence-electron chi connectivity index (χ4n) is 1.74. The van der Waals surface area contributed by atoms with Crippen LogP contribution < -0.4 is 0 Å². The van der Waals surface area contributed by atoms with Gasteiger partial charge in [0, 0.05) is 19.6 Å². The zero-order valence-electron chi connectivity index (χ0n) is 11.8. The maximum Gasteiger partial charge on any atom is 0.226 e. The van der Waals surface area contributed by atoms with Crippen molar-refractivity contribution in [3.05, 3.63) is 11.7 Å². The van der Waals surface area contributed by atoms with Crippen LogP contribution in [-0.4, -0.2) is 28.5 Å². The van der Waals surface area contributed by atoms with Crippen molar-refractivity contribution in [3.8, 4) is 0 Å². The van der Waals surface area contributed by atoms with Crippen molar-refractivity contribution in [3.63, 3.8) is 0 Å². The first-order valence-electron chi connectivity index (χ1n) is 6.54. The molecule has 0 aliphatic heterocycles. The fraction of sp³-hybridized carbons (Fsp3) is 0.846. The summed E-state index contributed by atoms with van der Waals surface area (Å²) in [5.41, 5.74) is -0.0672. The Morgan fingerprint density at radius 2 is 2.06 bits per heavy atom. The van der Waals surface area contributed by atoms with E-state index in [0.29, 0.717) is 24.7 Å². The van der Waals surface area contributed by atoms with Crippen molar-refractivity contribution in [2.24, 2.45) is 5.41 Å². The number of aromatic nitrogens is 2. The van der Waals surface area contributed by atoms with Crippen molar-refractivity contribution in [1.29, 1.82) is 0 Å². The third-order valence-corrected chi connectivity index (χ3v) is 2.64. The molecule has 0 radical (unpaired) electrons. The molecule has 1 aromatic rings. The monoisotopic (exact) mass is 256 g/mol. The first-order chi connectivity index (χ1) is 8.49. The minimum absolute atomic E-state index is 0.0672. The summed E-state index contributed by atoms with van der Waals surface area (Å²) in [6, 6.07) is 0. The molecule has 1 unspecified atom stereocenters. The molecule has 1 aromatic heterocycles. The Bertz CT molecular complexity index is 344. The summed E-state index contributed by atoms with van der Waals surface area (Å²) >= 11 is 0. The van der Waals surface area contributed by atoms with Gasteiger partial charge in [0.1, 0.15) is 6.10 Å². The number of aliphatic hydroxyl groups is 1. The van der Waals surface area contributed by atoms with Crippen molar-refractivity contribution in [2.75, 3.05) is 13.2 Å². The Balaban J connectivity index is 2.69. The number of ether oxygens (including phenoxy) is 1. The summed E-state index contributed by atoms with van der Waals surface area (Å²) < 4.78 is 10.9. The predicted molar refractivity (Wildman–Crippen MR) is 68.1 cm³/mol. The molecule has 0 aliphatic carbocycles. The lowest BCUT2D eigenvalue weighted by Crippen LogP contribution is -2.22. The average molecular weight is 256 g/mol. The van der Waals surface area contributed by atoms with E-state index in [1.54, 1.807) is 0 Å². The van der Waals surface area contributed by atoms with Crippen LogP contribution in [0.4, 0.5) is 0 Å². The molecule has 0 spiro atoms. The van der Waals surface area contributed by atoms with Crippen LogP contribution in [0.15, 0.2) is 4.52 Å². The zero-order valence-corrected chi connectivity index (χ0v) is 11.8. The van der Waals surface area contributed by atoms with Gasteiger partial charge in [-0.05, 0) is 25.2 Å². The number of nitrogens with zero attached hydrogens (tertiary/aromatic N) is 2. The normalized spacial score (nSPS) is 13.8. The van der Waals surface area contributed by atoms with Crippen molar-refractivity contribution < 1.29 is 14.4 Å². The quantitative estimate of drug-likeness (QED) is 0.759. The largest absolute Gasteiger partial charge is 0.396 e. The van der Waals surface area contributed by atoms with Crippen molar-refractivity contribution in [2.45, 2.75) is 53.1 Å². The molecule has 1 atom stereocenters. The summed E-state index contributed by atoms with van der Waals surface area (Å²) in [7, 11) is 0. The van der Waals surface area contributed by atoms with Gasteiger partial charge in [-0.3, -0.25) is 0 Å². The highest BCUT2D eigenvalue weighted by atomic mass is 16.5. The van der Waals surface area contributed by atoms with E-state index < -0.39 is 0 Å². The van der Waals surface area contributed by atoms with Crippen LogP contribution in [0.5, 0.6) is 0 Å². The van der Waals surface area contributed by atoms with Gasteiger partial charge in [-0.15, -0.1) is 0 Å². The smallest absolute Gasteiger partial charge is 0.226 e. The number of aliphatic hydroxyl groups excluding tert-OH is 1. The van der Waals surface area contributed by atoms with E-state index in [1.165, 1.54) is 0 Å². The van der Waals surface area contributed by atoms with E-state index >= 15 is 0 Å². The number of unbranched alkanes of at least 4 members (excludes halogenated alkanes) is 1. The summed E-state index contributed by atoms with van der Waals surface area (Å²) in [5, 5.41) is 12.7. The second-order valence-electron chi connectivity index (χ2n) is 5.43. The van der Waals surface area contributed by atoms with E-state index in [1.807, 2.05) is 6.92 Å². The van der Waals surface area contributed by atoms with Crippen LogP contribution in [0.25, 0.3) is 0 Å². The molecule has 0 aliphatic rings. The molecule has 1 heterocycles. The van der Waals surface area contributed by atoms with E-state index in [9.17, 15) is 0 Å². The van der Waals surface area contributed by atoms with Gasteiger partial charge in [0.05, 0.1) is 0 Å². The lowest BCUT2D eigenvalue weighted by molar-refractivity contribution is -0.0203. The summed E-state index contributed by atoms with van der Waals surface area (Å²) in [6.45, 7) is 9.06. The van der Waals surface area contributed by atoms with Gasteiger partial charge in [-0.1, -0.05) is 25.9 Å². The number of aryl methyl sites for hydroxylation is 1. The van der Waals surface area contributed by atoms with E-state index in [2.05, 4.69) is 30.9 Å². The molecule has 18 heavy (non-hydrogen) atoms. The summed E-state index contributed by atoms with van der Waals surface area (Å²) in [6.07, 6.45) is 2.16. The number of hydrogen-bond donors (Lipinski definition) is 1. The second-order valence-corrected chi connectivity index (χ2v) is 5.43. The van der Waals surface area contributed by atoms with Gasteiger partial charge in [0.15, 0.2) is 0 Å². The molecule has 1 N–H and O–H groups in total. The number of hydrogen-bond acceptors (Lipinski definition) is 5. The molecule has 0 fully saturated rings. The van der Waals surface area contributed by atoms with Crippen LogP contribution in [-0.2, 0) is 11.2 Å². The van der Waals surface area contributed by atoms with Crippen LogP contribution in [0.3, 0.4) is 0 Å². The average Bonchev–Trinajstić information content (AvgIpc) is 2.73. The van der Waals surface area contributed by atoms with E-state index in [4.69, 9.17) is 14.4 Å². The van der Waals surface area contributed by atoms with Crippen LogP contribution >= 0.6 is 0 Å². The van der Waals surface area contributed by atoms with Gasteiger partial charge in [-0.2, -0.15) is 4.98 Å². The molecule has 0 amide bonds. The highest BCUT2D eigenvalue weighted by Crippen LogP contribution is 2.34. The molecule has 0 bridgehead atoms. The first kappa shape index (κ1) is 15.1. The minimum Gasteiger partial charge on any atom is -0.396 e. The Morgan fingerprint density at radius 1 is 1.33 bits per heavy atom. The Morgan fingerprint density at radius 3 is 2.61 bits per heavy atom. The third kappa shape index (κ3) is 4.38. The molecule has 0 saturated heterocycles. The van der Waals surface area contributed by atoms with Gasteiger partial charge in [0.2, 0.25) is 11.7 Å². The topological polar surface area (TPSA) is 68.4 Å². The minimum atomic E-state index is -0.155. The second kappa shape index (κ2) is 6.85. The zero-order chi connectivity index (χ0) is 13.6. The fourth-order valence-corrected chi connectivity index (χ4v) is 1.74. The molecular formula is C13H24N2O3. The Hall–Kier alpha value is -0.940. The van der Waals surface area contributed by atoms with Crippen molar-refractivity contribution in [1.82, 2.24) is 10.1 Å². The van der Waals surface area contributed by atoms with Gasteiger partial charge in [0.25, 0.3) is 0 Å². The molecule has 5 heteroatoms. The highest BCUT2D eigenvalue weighted by Gasteiger charge is 2.31. The molecule has 0 aromatic carbocycles. The first-order valence-corrected chi connectivity index (χ1v) is 6.54. The summed E-state index contributed by atoms with van der Waals surface area (Å²) in [5.74, 6) is 1.23. The summed E-state index contributed by atoms with van der Waals surface area (Å²) in [4.78, 5) is 4.38. The lowest BCUT2D eigenvalue weighted by atomic mass is 9.88. The molecular weight excluding hydrogens is 232 g/mol.